The standard InChI is InChI=1S/C19H27N2O/c1-4-10-19(2)16-7-5-6-8-17(16)20(3)18(19)9-11-21-12-14-22-15-13-21/h5-9,11H,4,10,12-15H2,1-3H3/q+1. The van der Waals surface area contributed by atoms with Crippen LogP contribution in [-0.2, 0) is 10.2 Å². The molecular formula is C19H27N2O+. The topological polar surface area (TPSA) is 15.5 Å². The van der Waals surface area contributed by atoms with Crippen LogP contribution < -0.4 is 4.90 Å². The van der Waals surface area contributed by atoms with Gasteiger partial charge in [0.25, 0.3) is 0 Å². The second-order valence-corrected chi connectivity index (χ2v) is 6.51. The van der Waals surface area contributed by atoms with E-state index in [2.05, 4.69) is 66.9 Å². The lowest BCUT2D eigenvalue weighted by molar-refractivity contribution is -0.544. The molecule has 0 spiro atoms. The van der Waals surface area contributed by atoms with Crippen molar-refractivity contribution in [2.24, 2.45) is 0 Å². The van der Waals surface area contributed by atoms with Gasteiger partial charge >= 0.3 is 0 Å². The highest BCUT2D eigenvalue weighted by Crippen LogP contribution is 2.49. The summed E-state index contributed by atoms with van der Waals surface area (Å²) < 4.78 is 7.79. The molecule has 1 aromatic carbocycles. The molecule has 1 atom stereocenters. The van der Waals surface area contributed by atoms with Crippen LogP contribution in [0.2, 0.25) is 0 Å². The summed E-state index contributed by atoms with van der Waals surface area (Å²) in [6, 6.07) is 8.82. The predicted octanol–water partition coefficient (Wildman–Crippen LogP) is 3.19. The van der Waals surface area contributed by atoms with E-state index >= 15 is 0 Å². The number of hydrogen-bond acceptors (Lipinski definition) is 2. The first-order valence-corrected chi connectivity index (χ1v) is 8.37. The van der Waals surface area contributed by atoms with E-state index in [-0.39, 0.29) is 5.41 Å². The van der Waals surface area contributed by atoms with E-state index in [1.54, 1.807) is 0 Å². The number of morpholine rings is 1. The molecular weight excluding hydrogens is 272 g/mol. The van der Waals surface area contributed by atoms with Gasteiger partial charge in [-0.05, 0) is 25.0 Å². The van der Waals surface area contributed by atoms with Crippen LogP contribution in [0.15, 0.2) is 36.0 Å². The highest BCUT2D eigenvalue weighted by Gasteiger charge is 2.41. The maximum Gasteiger partial charge on any atom is 0.166 e. The Bertz CT molecular complexity index is 597. The number of anilines is 1. The first-order valence-electron chi connectivity index (χ1n) is 8.37. The summed E-state index contributed by atoms with van der Waals surface area (Å²) in [6.45, 7) is 8.31. The van der Waals surface area contributed by atoms with Crippen molar-refractivity contribution in [3.8, 4) is 0 Å². The van der Waals surface area contributed by atoms with Crippen molar-refractivity contribution >= 4 is 11.9 Å². The van der Waals surface area contributed by atoms with Gasteiger partial charge in [-0.15, -0.1) is 0 Å². The summed E-state index contributed by atoms with van der Waals surface area (Å²) in [5, 5.41) is 0. The molecule has 0 aliphatic carbocycles. The van der Waals surface area contributed by atoms with Gasteiger partial charge in [-0.2, -0.15) is 0 Å². The van der Waals surface area contributed by atoms with Gasteiger partial charge in [-0.1, -0.05) is 31.5 Å². The van der Waals surface area contributed by atoms with E-state index < -0.39 is 0 Å². The Morgan fingerprint density at radius 2 is 2.00 bits per heavy atom. The SMILES string of the molecule is CCCC1(C)C(=CC=[N+]2CCOCC2)N(C)c2ccccc21. The van der Waals surface area contributed by atoms with E-state index in [0.29, 0.717) is 0 Å². The molecule has 0 radical (unpaired) electrons. The molecule has 3 nitrogen and oxygen atoms in total. The Morgan fingerprint density at radius 1 is 1.27 bits per heavy atom. The number of rotatable bonds is 3. The van der Waals surface area contributed by atoms with E-state index in [9.17, 15) is 0 Å². The van der Waals surface area contributed by atoms with Crippen molar-refractivity contribution in [2.45, 2.75) is 32.1 Å². The third kappa shape index (κ3) is 2.58. The van der Waals surface area contributed by atoms with E-state index in [1.807, 2.05) is 0 Å². The number of allylic oxidation sites excluding steroid dienone is 2. The smallest absolute Gasteiger partial charge is 0.166 e. The number of fused-ring (bicyclic) bond motifs is 1. The van der Waals surface area contributed by atoms with Crippen LogP contribution in [0, 0.1) is 0 Å². The molecule has 0 bridgehead atoms. The summed E-state index contributed by atoms with van der Waals surface area (Å²) in [6.07, 6.45) is 6.94. The molecule has 0 N–H and O–H groups in total. The predicted molar refractivity (Wildman–Crippen MR) is 92.1 cm³/mol. The van der Waals surface area contributed by atoms with Gasteiger partial charge in [0.2, 0.25) is 0 Å². The number of para-hydroxylation sites is 1. The van der Waals surface area contributed by atoms with Crippen LogP contribution in [0.4, 0.5) is 5.69 Å². The number of benzene rings is 1. The molecule has 0 aromatic heterocycles. The molecule has 1 fully saturated rings. The highest BCUT2D eigenvalue weighted by molar-refractivity contribution is 5.77. The summed E-state index contributed by atoms with van der Waals surface area (Å²) >= 11 is 0. The Morgan fingerprint density at radius 3 is 2.73 bits per heavy atom. The quantitative estimate of drug-likeness (QED) is 0.797. The molecule has 1 saturated heterocycles. The van der Waals surface area contributed by atoms with Crippen LogP contribution in [0.1, 0.15) is 32.3 Å². The third-order valence-corrected chi connectivity index (χ3v) is 5.03. The lowest BCUT2D eigenvalue weighted by atomic mass is 9.78. The summed E-state index contributed by atoms with van der Waals surface area (Å²) in [5.41, 5.74) is 4.33. The number of ether oxygens (including phenoxy) is 1. The maximum atomic E-state index is 5.43. The van der Waals surface area contributed by atoms with Crippen molar-refractivity contribution in [3.05, 3.63) is 41.6 Å². The summed E-state index contributed by atoms with van der Waals surface area (Å²) in [7, 11) is 2.19. The van der Waals surface area contributed by atoms with Crippen LogP contribution in [0.25, 0.3) is 0 Å². The fourth-order valence-electron chi connectivity index (χ4n) is 3.83. The van der Waals surface area contributed by atoms with E-state index in [1.165, 1.54) is 29.8 Å². The molecule has 1 aromatic rings. The molecule has 3 heteroatoms. The molecule has 118 valence electrons. The number of likely N-dealkylation sites (N-methyl/N-ethyl adjacent to an activating group) is 1. The summed E-state index contributed by atoms with van der Waals surface area (Å²) in [5.74, 6) is 0. The van der Waals surface area contributed by atoms with Crippen LogP contribution in [-0.4, -0.2) is 44.1 Å². The van der Waals surface area contributed by atoms with Gasteiger partial charge in [0.15, 0.2) is 19.3 Å². The molecule has 2 aliphatic heterocycles. The molecule has 0 amide bonds. The lowest BCUT2D eigenvalue weighted by Crippen LogP contribution is -2.30. The van der Waals surface area contributed by atoms with Gasteiger partial charge in [-0.25, -0.2) is 4.58 Å². The Labute approximate surface area is 133 Å². The minimum absolute atomic E-state index is 0.114. The zero-order valence-electron chi connectivity index (χ0n) is 14.0. The van der Waals surface area contributed by atoms with Gasteiger partial charge in [0, 0.05) is 29.9 Å². The second-order valence-electron chi connectivity index (χ2n) is 6.51. The highest BCUT2D eigenvalue weighted by atomic mass is 16.5. The molecule has 2 heterocycles. The first kappa shape index (κ1) is 15.3. The van der Waals surface area contributed by atoms with Crippen molar-refractivity contribution in [3.63, 3.8) is 0 Å². The minimum atomic E-state index is 0.114. The van der Waals surface area contributed by atoms with E-state index in [0.717, 1.165) is 26.3 Å². The van der Waals surface area contributed by atoms with E-state index in [4.69, 9.17) is 4.74 Å². The van der Waals surface area contributed by atoms with Gasteiger partial charge in [0.05, 0.1) is 0 Å². The Kier molecular flexibility index (Phi) is 4.34. The van der Waals surface area contributed by atoms with Gasteiger partial charge in [0.1, 0.15) is 13.2 Å². The largest absolute Gasteiger partial charge is 0.368 e. The fraction of sp³-hybridized carbons (Fsp3) is 0.526. The first-order chi connectivity index (χ1) is 10.7. The molecule has 22 heavy (non-hydrogen) atoms. The Balaban J connectivity index is 1.99. The van der Waals surface area contributed by atoms with Crippen molar-refractivity contribution in [2.75, 3.05) is 38.3 Å². The monoisotopic (exact) mass is 299 g/mol. The molecule has 2 aliphatic rings. The average Bonchev–Trinajstić information content (AvgIpc) is 2.76. The fourth-order valence-corrected chi connectivity index (χ4v) is 3.83. The molecule has 3 rings (SSSR count). The Hall–Kier alpha value is -1.61. The number of nitrogens with zero attached hydrogens (tertiary/aromatic N) is 2. The maximum absolute atomic E-state index is 5.43. The van der Waals surface area contributed by atoms with Crippen molar-refractivity contribution in [1.29, 1.82) is 0 Å². The van der Waals surface area contributed by atoms with Crippen molar-refractivity contribution < 1.29 is 9.31 Å². The second kappa shape index (κ2) is 6.25. The molecule has 0 saturated carbocycles. The van der Waals surface area contributed by atoms with Gasteiger partial charge in [-0.3, -0.25) is 0 Å². The zero-order valence-corrected chi connectivity index (χ0v) is 14.0. The van der Waals surface area contributed by atoms with Crippen LogP contribution in [0.5, 0.6) is 0 Å². The van der Waals surface area contributed by atoms with Crippen molar-refractivity contribution in [1.82, 2.24) is 0 Å². The lowest BCUT2D eigenvalue weighted by Gasteiger charge is -2.28. The van der Waals surface area contributed by atoms with Crippen LogP contribution in [0.3, 0.4) is 0 Å². The van der Waals surface area contributed by atoms with Gasteiger partial charge < -0.3 is 9.64 Å². The number of hydrogen-bond donors (Lipinski definition) is 0. The normalized spacial score (nSPS) is 26.4. The molecule has 1 unspecified atom stereocenters. The third-order valence-electron chi connectivity index (χ3n) is 5.03. The van der Waals surface area contributed by atoms with Crippen LogP contribution >= 0.6 is 0 Å². The average molecular weight is 299 g/mol. The zero-order chi connectivity index (χ0) is 15.6. The minimum Gasteiger partial charge on any atom is -0.368 e. The summed E-state index contributed by atoms with van der Waals surface area (Å²) in [4.78, 5) is 2.36.